The molecule has 0 aromatic heterocycles. The Bertz CT molecular complexity index is 958. The second kappa shape index (κ2) is 9.48. The van der Waals surface area contributed by atoms with Gasteiger partial charge < -0.3 is 9.64 Å². The molecule has 5 nitrogen and oxygen atoms in total. The smallest absolute Gasteiger partial charge is 0.277 e. The first-order valence-corrected chi connectivity index (χ1v) is 11.0. The number of hydrogen-bond acceptors (Lipinski definition) is 4. The summed E-state index contributed by atoms with van der Waals surface area (Å²) in [6.45, 7) is 4.21. The number of rotatable bonds is 7. The lowest BCUT2D eigenvalue weighted by Crippen LogP contribution is -2.40. The van der Waals surface area contributed by atoms with Gasteiger partial charge in [-0.3, -0.25) is 14.5 Å². The predicted molar refractivity (Wildman–Crippen MR) is 121 cm³/mol. The van der Waals surface area contributed by atoms with Gasteiger partial charge in [-0.15, -0.1) is 0 Å². The number of methoxy groups -OCH3 is 1. The van der Waals surface area contributed by atoms with E-state index < -0.39 is 0 Å². The predicted octanol–water partition coefficient (Wildman–Crippen LogP) is 3.68. The van der Waals surface area contributed by atoms with E-state index >= 15 is 0 Å². The summed E-state index contributed by atoms with van der Waals surface area (Å²) >= 11 is 0. The van der Waals surface area contributed by atoms with Crippen LogP contribution in [0, 0.1) is 12.8 Å². The topological polar surface area (TPSA) is 49.9 Å². The van der Waals surface area contributed by atoms with E-state index in [0.29, 0.717) is 23.8 Å². The summed E-state index contributed by atoms with van der Waals surface area (Å²) < 4.78 is 5.13. The van der Waals surface area contributed by atoms with E-state index in [-0.39, 0.29) is 18.4 Å². The molecule has 2 aliphatic heterocycles. The summed E-state index contributed by atoms with van der Waals surface area (Å²) in [6, 6.07) is 18.4. The summed E-state index contributed by atoms with van der Waals surface area (Å²) in [5, 5.41) is 0. The van der Waals surface area contributed by atoms with Crippen molar-refractivity contribution >= 4 is 17.4 Å². The fourth-order valence-corrected chi connectivity index (χ4v) is 4.53. The van der Waals surface area contributed by atoms with E-state index in [9.17, 15) is 9.59 Å². The molecule has 2 aromatic carbocycles. The van der Waals surface area contributed by atoms with Crippen molar-refractivity contribution in [3.8, 4) is 0 Å². The third-order valence-electron chi connectivity index (χ3n) is 6.30. The number of ether oxygens (including phenoxy) is 1. The average Bonchev–Trinajstić information content (AvgIpc) is 3.04. The molecule has 31 heavy (non-hydrogen) atoms. The summed E-state index contributed by atoms with van der Waals surface area (Å²) in [5.74, 6) is 0.185. The van der Waals surface area contributed by atoms with E-state index in [1.54, 1.807) is 7.11 Å². The molecular weight excluding hydrogens is 388 g/mol. The van der Waals surface area contributed by atoms with Crippen LogP contribution in [0.25, 0.3) is 5.57 Å². The van der Waals surface area contributed by atoms with Crippen LogP contribution >= 0.6 is 0 Å². The van der Waals surface area contributed by atoms with Gasteiger partial charge in [0.15, 0.2) is 0 Å². The molecule has 0 N–H and O–H groups in total. The molecule has 1 fully saturated rings. The monoisotopic (exact) mass is 418 g/mol. The molecule has 0 spiro atoms. The van der Waals surface area contributed by atoms with E-state index in [2.05, 4.69) is 29.2 Å². The van der Waals surface area contributed by atoms with Crippen molar-refractivity contribution in [3.63, 3.8) is 0 Å². The summed E-state index contributed by atoms with van der Waals surface area (Å²) in [5.41, 5.74) is 4.38. The van der Waals surface area contributed by atoms with Gasteiger partial charge in [0, 0.05) is 20.2 Å². The van der Waals surface area contributed by atoms with E-state index in [4.69, 9.17) is 4.74 Å². The lowest BCUT2D eigenvalue weighted by molar-refractivity contribution is -0.138. The maximum Gasteiger partial charge on any atom is 0.277 e. The summed E-state index contributed by atoms with van der Waals surface area (Å²) in [4.78, 5) is 30.0. The molecule has 0 saturated carbocycles. The van der Waals surface area contributed by atoms with Gasteiger partial charge in [0.2, 0.25) is 0 Å². The molecule has 2 aliphatic rings. The Morgan fingerprint density at radius 3 is 2.26 bits per heavy atom. The number of carbonyl (C=O) groups excluding carboxylic acids is 2. The SMILES string of the molecule is COCCN1C(=O)C(c2ccc(C)cc2)=C(N2CCC(Cc3ccccc3)CC2)C1=O. The molecule has 2 heterocycles. The third kappa shape index (κ3) is 4.57. The Morgan fingerprint density at radius 2 is 1.61 bits per heavy atom. The second-order valence-corrected chi connectivity index (χ2v) is 8.46. The van der Waals surface area contributed by atoms with Crippen molar-refractivity contribution < 1.29 is 14.3 Å². The van der Waals surface area contributed by atoms with E-state index in [1.165, 1.54) is 10.5 Å². The van der Waals surface area contributed by atoms with Crippen LogP contribution in [0.15, 0.2) is 60.3 Å². The maximum absolute atomic E-state index is 13.3. The van der Waals surface area contributed by atoms with Crippen LogP contribution in [0.3, 0.4) is 0 Å². The summed E-state index contributed by atoms with van der Waals surface area (Å²) in [6.07, 6.45) is 3.09. The zero-order chi connectivity index (χ0) is 21.8. The number of amides is 2. The van der Waals surface area contributed by atoms with Crippen LogP contribution in [0.5, 0.6) is 0 Å². The van der Waals surface area contributed by atoms with Crippen LogP contribution in [-0.2, 0) is 20.7 Å². The molecule has 2 aromatic rings. The van der Waals surface area contributed by atoms with Crippen molar-refractivity contribution in [2.45, 2.75) is 26.2 Å². The molecule has 0 aliphatic carbocycles. The van der Waals surface area contributed by atoms with Crippen LogP contribution in [0.2, 0.25) is 0 Å². The maximum atomic E-state index is 13.3. The first-order chi connectivity index (χ1) is 15.1. The van der Waals surface area contributed by atoms with Crippen LogP contribution in [0.1, 0.15) is 29.5 Å². The molecule has 162 valence electrons. The first kappa shape index (κ1) is 21.3. The Labute approximate surface area is 184 Å². The van der Waals surface area contributed by atoms with E-state index in [0.717, 1.165) is 43.5 Å². The Hall–Kier alpha value is -2.92. The third-order valence-corrected chi connectivity index (χ3v) is 6.30. The highest BCUT2D eigenvalue weighted by Crippen LogP contribution is 2.34. The fourth-order valence-electron chi connectivity index (χ4n) is 4.53. The summed E-state index contributed by atoms with van der Waals surface area (Å²) in [7, 11) is 1.58. The van der Waals surface area contributed by atoms with Crippen LogP contribution < -0.4 is 0 Å². The lowest BCUT2D eigenvalue weighted by atomic mass is 9.89. The van der Waals surface area contributed by atoms with Crippen LogP contribution in [-0.4, -0.2) is 55.0 Å². The number of imide groups is 1. The minimum Gasteiger partial charge on any atom is -0.383 e. The van der Waals surface area contributed by atoms with E-state index in [1.807, 2.05) is 37.3 Å². The molecule has 5 heteroatoms. The largest absolute Gasteiger partial charge is 0.383 e. The standard InChI is InChI=1S/C26H30N2O3/c1-19-8-10-22(11-9-19)23-24(26(30)28(25(23)29)16-17-31-2)27-14-12-21(13-15-27)18-20-6-4-3-5-7-20/h3-11,21H,12-18H2,1-2H3. The van der Waals surface area contributed by atoms with Gasteiger partial charge >= 0.3 is 0 Å². The number of aryl methyl sites for hydroxylation is 1. The molecule has 0 atom stereocenters. The first-order valence-electron chi connectivity index (χ1n) is 11.0. The van der Waals surface area contributed by atoms with Crippen LogP contribution in [0.4, 0.5) is 0 Å². The Balaban J connectivity index is 1.56. The van der Waals surface area contributed by atoms with Gasteiger partial charge in [0.25, 0.3) is 11.8 Å². The van der Waals surface area contributed by atoms with Crippen molar-refractivity contribution in [1.82, 2.24) is 9.80 Å². The van der Waals surface area contributed by atoms with Crippen molar-refractivity contribution in [3.05, 3.63) is 77.0 Å². The molecule has 0 bridgehead atoms. The molecule has 0 unspecified atom stereocenters. The molecule has 2 amide bonds. The number of carbonyl (C=O) groups is 2. The zero-order valence-electron chi connectivity index (χ0n) is 18.3. The number of nitrogens with zero attached hydrogens (tertiary/aromatic N) is 2. The van der Waals surface area contributed by atoms with Gasteiger partial charge in [-0.25, -0.2) is 0 Å². The van der Waals surface area contributed by atoms with Crippen molar-refractivity contribution in [2.24, 2.45) is 5.92 Å². The lowest BCUT2D eigenvalue weighted by Gasteiger charge is -2.34. The molecule has 1 saturated heterocycles. The van der Waals surface area contributed by atoms with Crippen molar-refractivity contribution in [2.75, 3.05) is 33.4 Å². The van der Waals surface area contributed by atoms with Gasteiger partial charge in [-0.2, -0.15) is 0 Å². The average molecular weight is 419 g/mol. The van der Waals surface area contributed by atoms with Gasteiger partial charge in [0.05, 0.1) is 18.7 Å². The number of likely N-dealkylation sites (tertiary alicyclic amines) is 1. The number of hydrogen-bond donors (Lipinski definition) is 0. The fraction of sp³-hybridized carbons (Fsp3) is 0.385. The zero-order valence-corrected chi connectivity index (χ0v) is 18.3. The number of benzene rings is 2. The molecular formula is C26H30N2O3. The molecule has 0 radical (unpaired) electrons. The Morgan fingerprint density at radius 1 is 0.935 bits per heavy atom. The number of piperidine rings is 1. The quantitative estimate of drug-likeness (QED) is 0.644. The van der Waals surface area contributed by atoms with Crippen molar-refractivity contribution in [1.29, 1.82) is 0 Å². The minimum absolute atomic E-state index is 0.195. The van der Waals surface area contributed by atoms with Gasteiger partial charge in [0.1, 0.15) is 5.70 Å². The second-order valence-electron chi connectivity index (χ2n) is 8.46. The normalized spacial score (nSPS) is 17.7. The Kier molecular flexibility index (Phi) is 6.52. The molecule has 4 rings (SSSR count). The minimum atomic E-state index is -0.215. The highest BCUT2D eigenvalue weighted by molar-refractivity contribution is 6.35. The highest BCUT2D eigenvalue weighted by Gasteiger charge is 2.42. The van der Waals surface area contributed by atoms with Gasteiger partial charge in [-0.05, 0) is 43.2 Å². The highest BCUT2D eigenvalue weighted by atomic mass is 16.5. The van der Waals surface area contributed by atoms with Gasteiger partial charge in [-0.1, -0.05) is 60.2 Å².